The summed E-state index contributed by atoms with van der Waals surface area (Å²) in [4.78, 5) is 11.7. The van der Waals surface area contributed by atoms with E-state index in [1.54, 1.807) is 0 Å². The Morgan fingerprint density at radius 1 is 1.50 bits per heavy atom. The van der Waals surface area contributed by atoms with Crippen molar-refractivity contribution in [2.75, 3.05) is 19.0 Å². The number of rotatable bonds is 6. The zero-order valence-electron chi connectivity index (χ0n) is 10.9. The molecule has 4 nitrogen and oxygen atoms in total. The molecule has 0 fully saturated rings. The lowest BCUT2D eigenvalue weighted by Gasteiger charge is -2.13. The summed E-state index contributed by atoms with van der Waals surface area (Å²) in [5.41, 5.74) is 0.142. The average Bonchev–Trinajstić information content (AvgIpc) is 2.32. The average molecular weight is 254 g/mol. The Labute approximate surface area is 107 Å². The second-order valence-electron chi connectivity index (χ2n) is 4.06. The van der Waals surface area contributed by atoms with Crippen molar-refractivity contribution in [2.24, 2.45) is 0 Å². The highest BCUT2D eigenvalue weighted by Gasteiger charge is 2.11. The van der Waals surface area contributed by atoms with Crippen molar-refractivity contribution < 1.29 is 13.9 Å². The van der Waals surface area contributed by atoms with Gasteiger partial charge in [-0.2, -0.15) is 0 Å². The first-order valence-corrected chi connectivity index (χ1v) is 5.93. The molecule has 5 heteroatoms. The summed E-state index contributed by atoms with van der Waals surface area (Å²) in [5, 5.41) is 5.66. The number of carbonyl (C=O) groups excluding carboxylic acids is 1. The van der Waals surface area contributed by atoms with Crippen molar-refractivity contribution in [1.82, 2.24) is 5.32 Å². The molecular weight excluding hydrogens is 235 g/mol. The highest BCUT2D eigenvalue weighted by Crippen LogP contribution is 2.21. The molecule has 100 valence electrons. The van der Waals surface area contributed by atoms with Crippen molar-refractivity contribution in [1.29, 1.82) is 0 Å². The Balaban J connectivity index is 2.63. The number of ether oxygens (including phenoxy) is 1. The maximum absolute atomic E-state index is 13.5. The molecule has 0 aliphatic carbocycles. The summed E-state index contributed by atoms with van der Waals surface area (Å²) in [5.74, 6) is -0.192. The van der Waals surface area contributed by atoms with Crippen LogP contribution in [-0.4, -0.2) is 25.6 Å². The van der Waals surface area contributed by atoms with Crippen LogP contribution in [0.25, 0.3) is 0 Å². The van der Waals surface area contributed by atoms with Gasteiger partial charge >= 0.3 is 0 Å². The lowest BCUT2D eigenvalue weighted by Crippen LogP contribution is -2.30. The van der Waals surface area contributed by atoms with Gasteiger partial charge < -0.3 is 15.4 Å². The molecule has 1 unspecified atom stereocenters. The minimum Gasteiger partial charge on any atom is -0.497 e. The van der Waals surface area contributed by atoms with Crippen molar-refractivity contribution in [3.63, 3.8) is 0 Å². The number of hydrogen-bond donors (Lipinski definition) is 2. The van der Waals surface area contributed by atoms with Gasteiger partial charge in [-0.25, -0.2) is 4.39 Å². The predicted molar refractivity (Wildman–Crippen MR) is 69.3 cm³/mol. The van der Waals surface area contributed by atoms with Crippen LogP contribution in [0.1, 0.15) is 20.3 Å². The van der Waals surface area contributed by atoms with E-state index in [9.17, 15) is 9.18 Å². The summed E-state index contributed by atoms with van der Waals surface area (Å²) >= 11 is 0. The fourth-order valence-corrected chi connectivity index (χ4v) is 1.63. The first kappa shape index (κ1) is 14.4. The number of hydrogen-bond acceptors (Lipinski definition) is 3. The Morgan fingerprint density at radius 2 is 2.22 bits per heavy atom. The number of amides is 1. The molecule has 0 aliphatic heterocycles. The SMILES string of the molecule is CCNC(C)CC(=O)Nc1cc(OC)ccc1F. The largest absolute Gasteiger partial charge is 0.497 e. The third-order valence-corrected chi connectivity index (χ3v) is 2.49. The van der Waals surface area contributed by atoms with Gasteiger partial charge in [0.25, 0.3) is 0 Å². The lowest BCUT2D eigenvalue weighted by molar-refractivity contribution is -0.116. The Hall–Kier alpha value is -1.62. The van der Waals surface area contributed by atoms with Crippen molar-refractivity contribution in [2.45, 2.75) is 26.3 Å². The quantitative estimate of drug-likeness (QED) is 0.818. The first-order chi connectivity index (χ1) is 8.56. The smallest absolute Gasteiger partial charge is 0.226 e. The zero-order chi connectivity index (χ0) is 13.5. The monoisotopic (exact) mass is 254 g/mol. The molecule has 2 N–H and O–H groups in total. The molecule has 0 saturated carbocycles. The number of benzene rings is 1. The molecule has 1 amide bonds. The van der Waals surface area contributed by atoms with Crippen molar-refractivity contribution in [3.05, 3.63) is 24.0 Å². The van der Waals surface area contributed by atoms with Crippen LogP contribution < -0.4 is 15.4 Å². The molecule has 1 aromatic rings. The van der Waals surface area contributed by atoms with E-state index in [0.29, 0.717) is 12.2 Å². The van der Waals surface area contributed by atoms with Gasteiger partial charge in [0.2, 0.25) is 5.91 Å². The van der Waals surface area contributed by atoms with Crippen LogP contribution in [0, 0.1) is 5.82 Å². The van der Waals surface area contributed by atoms with E-state index in [2.05, 4.69) is 10.6 Å². The van der Waals surface area contributed by atoms with E-state index in [4.69, 9.17) is 4.74 Å². The van der Waals surface area contributed by atoms with Crippen LogP contribution in [0.5, 0.6) is 5.75 Å². The van der Waals surface area contributed by atoms with Crippen LogP contribution in [-0.2, 0) is 4.79 Å². The minimum atomic E-state index is -0.472. The van der Waals surface area contributed by atoms with E-state index >= 15 is 0 Å². The van der Waals surface area contributed by atoms with E-state index in [0.717, 1.165) is 6.54 Å². The Bertz CT molecular complexity index is 410. The summed E-state index contributed by atoms with van der Waals surface area (Å²) in [6.07, 6.45) is 0.296. The molecule has 1 atom stereocenters. The summed E-state index contributed by atoms with van der Waals surface area (Å²) < 4.78 is 18.4. The standard InChI is InChI=1S/C13H19FN2O2/c1-4-15-9(2)7-13(17)16-12-8-10(18-3)5-6-11(12)14/h5-6,8-9,15H,4,7H2,1-3H3,(H,16,17). The van der Waals surface area contributed by atoms with Gasteiger partial charge in [-0.3, -0.25) is 4.79 Å². The number of anilines is 1. The molecule has 1 aromatic carbocycles. The fraction of sp³-hybridized carbons (Fsp3) is 0.462. The van der Waals surface area contributed by atoms with Gasteiger partial charge in [0.15, 0.2) is 0 Å². The third-order valence-electron chi connectivity index (χ3n) is 2.49. The molecule has 1 rings (SSSR count). The topological polar surface area (TPSA) is 50.4 Å². The van der Waals surface area contributed by atoms with Gasteiger partial charge in [0, 0.05) is 18.5 Å². The van der Waals surface area contributed by atoms with Gasteiger partial charge in [0.1, 0.15) is 11.6 Å². The highest BCUT2D eigenvalue weighted by molar-refractivity contribution is 5.91. The van der Waals surface area contributed by atoms with E-state index in [1.165, 1.54) is 25.3 Å². The van der Waals surface area contributed by atoms with Crippen LogP contribution >= 0.6 is 0 Å². The number of methoxy groups -OCH3 is 1. The van der Waals surface area contributed by atoms with Gasteiger partial charge in [-0.15, -0.1) is 0 Å². The molecular formula is C13H19FN2O2. The van der Waals surface area contributed by atoms with Crippen LogP contribution in [0.3, 0.4) is 0 Å². The summed E-state index contributed by atoms with van der Waals surface area (Å²) in [6, 6.07) is 4.29. The minimum absolute atomic E-state index is 0.0590. The van der Waals surface area contributed by atoms with E-state index < -0.39 is 5.82 Å². The van der Waals surface area contributed by atoms with Crippen LogP contribution in [0.15, 0.2) is 18.2 Å². The Kier molecular flexibility index (Phi) is 5.58. The molecule has 0 aliphatic rings. The van der Waals surface area contributed by atoms with Gasteiger partial charge in [-0.05, 0) is 25.6 Å². The second-order valence-corrected chi connectivity index (χ2v) is 4.06. The van der Waals surface area contributed by atoms with Crippen LogP contribution in [0.4, 0.5) is 10.1 Å². The zero-order valence-corrected chi connectivity index (χ0v) is 10.9. The van der Waals surface area contributed by atoms with Crippen molar-refractivity contribution >= 4 is 11.6 Å². The molecule has 0 radical (unpaired) electrons. The maximum atomic E-state index is 13.5. The predicted octanol–water partition coefficient (Wildman–Crippen LogP) is 2.16. The van der Waals surface area contributed by atoms with E-state index in [1.807, 2.05) is 13.8 Å². The third kappa shape index (κ3) is 4.33. The van der Waals surface area contributed by atoms with E-state index in [-0.39, 0.29) is 17.6 Å². The normalized spacial score (nSPS) is 12.0. The maximum Gasteiger partial charge on any atom is 0.226 e. The second kappa shape index (κ2) is 6.96. The molecule has 18 heavy (non-hydrogen) atoms. The van der Waals surface area contributed by atoms with Crippen LogP contribution in [0.2, 0.25) is 0 Å². The Morgan fingerprint density at radius 3 is 2.83 bits per heavy atom. The lowest BCUT2D eigenvalue weighted by atomic mass is 10.2. The van der Waals surface area contributed by atoms with Crippen molar-refractivity contribution in [3.8, 4) is 5.75 Å². The molecule has 0 heterocycles. The summed E-state index contributed by atoms with van der Waals surface area (Å²) in [7, 11) is 1.49. The number of halogens is 1. The first-order valence-electron chi connectivity index (χ1n) is 5.93. The molecule has 0 saturated heterocycles. The van der Waals surface area contributed by atoms with Gasteiger partial charge in [-0.1, -0.05) is 6.92 Å². The molecule has 0 aromatic heterocycles. The molecule has 0 spiro atoms. The van der Waals surface area contributed by atoms with Gasteiger partial charge in [0.05, 0.1) is 12.8 Å². The summed E-state index contributed by atoms with van der Waals surface area (Å²) in [6.45, 7) is 4.67. The fourth-order valence-electron chi connectivity index (χ4n) is 1.63. The highest BCUT2D eigenvalue weighted by atomic mass is 19.1. The molecule has 0 bridgehead atoms. The number of carbonyl (C=O) groups is 1. The number of nitrogens with one attached hydrogen (secondary N) is 2.